The van der Waals surface area contributed by atoms with Crippen LogP contribution in [0.25, 0.3) is 10.6 Å². The summed E-state index contributed by atoms with van der Waals surface area (Å²) in [5.41, 5.74) is 3.15. The van der Waals surface area contributed by atoms with Crippen LogP contribution in [-0.2, 0) is 18.3 Å². The summed E-state index contributed by atoms with van der Waals surface area (Å²) in [6, 6.07) is 11.3. The Kier molecular flexibility index (Phi) is 8.12. The van der Waals surface area contributed by atoms with Gasteiger partial charge in [0, 0.05) is 21.1 Å². The van der Waals surface area contributed by atoms with Gasteiger partial charge in [0.2, 0.25) is 0 Å². The molecule has 0 atom stereocenters. The van der Waals surface area contributed by atoms with E-state index in [0.717, 1.165) is 87.3 Å². The molecule has 1 fully saturated rings. The van der Waals surface area contributed by atoms with Crippen LogP contribution in [0.1, 0.15) is 54.3 Å². The lowest BCUT2D eigenvalue weighted by Crippen LogP contribution is -2.09. The highest BCUT2D eigenvalue weighted by molar-refractivity contribution is 7.98. The zero-order valence-electron chi connectivity index (χ0n) is 19.7. The Morgan fingerprint density at radius 2 is 1.89 bits per heavy atom. The zero-order chi connectivity index (χ0) is 25.0. The summed E-state index contributed by atoms with van der Waals surface area (Å²) in [5, 5.41) is 10.9. The molecule has 35 heavy (non-hydrogen) atoms. The van der Waals surface area contributed by atoms with E-state index in [-0.39, 0.29) is 6.61 Å². The lowest BCUT2D eigenvalue weighted by Gasteiger charge is -2.19. The number of thiazole rings is 1. The fourth-order valence-electron chi connectivity index (χ4n) is 3.78. The van der Waals surface area contributed by atoms with E-state index in [1.807, 2.05) is 19.1 Å². The third-order valence-corrected chi connectivity index (χ3v) is 8.41. The maximum atomic E-state index is 12.8. The fraction of sp³-hybridized carbons (Fsp3) is 0.370. The lowest BCUT2D eigenvalue weighted by atomic mass is 9.91. The highest BCUT2D eigenvalue weighted by Gasteiger charge is 2.30. The molecule has 0 radical (unpaired) electrons. The molecule has 1 aliphatic rings. The van der Waals surface area contributed by atoms with Crippen molar-refractivity contribution in [3.05, 3.63) is 75.5 Å². The van der Waals surface area contributed by atoms with Gasteiger partial charge in [-0.15, -0.1) is 23.1 Å². The van der Waals surface area contributed by atoms with Gasteiger partial charge in [0.1, 0.15) is 23.1 Å². The first-order valence-electron chi connectivity index (χ1n) is 11.7. The summed E-state index contributed by atoms with van der Waals surface area (Å²) >= 11 is 3.21. The first-order chi connectivity index (χ1) is 16.7. The first-order valence-corrected chi connectivity index (χ1v) is 13.5. The standard InChI is InChI=1S/C27H28F3NO2S2/c1-3-5-20-14-22(12-13-24(20)33-15-23(32)18-6-4-7-18)34-16-25-17(2)31-26(35-25)19-8-10-21(11-9-19)27(28,29)30/h8-14,32H,3-7,15-16H2,1-2H3. The highest BCUT2D eigenvalue weighted by Crippen LogP contribution is 2.36. The van der Waals surface area contributed by atoms with Crippen LogP contribution in [0.15, 0.2) is 58.7 Å². The van der Waals surface area contributed by atoms with Gasteiger partial charge in [-0.1, -0.05) is 25.5 Å². The number of aromatic nitrogens is 1. The first kappa shape index (κ1) is 25.6. The molecule has 1 N–H and O–H groups in total. The summed E-state index contributed by atoms with van der Waals surface area (Å²) in [6.45, 7) is 4.27. The quantitative estimate of drug-likeness (QED) is 0.227. The molecule has 3 aromatic rings. The van der Waals surface area contributed by atoms with Crippen LogP contribution in [0.2, 0.25) is 0 Å². The predicted molar refractivity (Wildman–Crippen MR) is 136 cm³/mol. The number of aryl methyl sites for hydroxylation is 2. The van der Waals surface area contributed by atoms with Crippen molar-refractivity contribution < 1.29 is 23.0 Å². The van der Waals surface area contributed by atoms with Crippen molar-refractivity contribution in [2.24, 2.45) is 0 Å². The van der Waals surface area contributed by atoms with Crippen LogP contribution in [0.3, 0.4) is 0 Å². The second kappa shape index (κ2) is 11.1. The molecule has 186 valence electrons. The molecule has 0 unspecified atom stereocenters. The molecule has 0 bridgehead atoms. The molecule has 0 aliphatic heterocycles. The molecule has 2 aromatic carbocycles. The number of nitrogens with zero attached hydrogens (tertiary/aromatic N) is 1. The van der Waals surface area contributed by atoms with Crippen molar-refractivity contribution in [1.82, 2.24) is 4.98 Å². The van der Waals surface area contributed by atoms with Crippen molar-refractivity contribution in [3.63, 3.8) is 0 Å². The molecule has 1 heterocycles. The monoisotopic (exact) mass is 519 g/mol. The van der Waals surface area contributed by atoms with E-state index < -0.39 is 11.7 Å². The van der Waals surface area contributed by atoms with Gasteiger partial charge in [-0.2, -0.15) is 13.2 Å². The third-order valence-electron chi connectivity index (χ3n) is 6.00. The maximum absolute atomic E-state index is 12.8. The van der Waals surface area contributed by atoms with Crippen LogP contribution in [0, 0.1) is 6.92 Å². The number of alkyl halides is 3. The summed E-state index contributed by atoms with van der Waals surface area (Å²) in [7, 11) is 0. The summed E-state index contributed by atoms with van der Waals surface area (Å²) in [4.78, 5) is 6.80. The Balaban J connectivity index is 1.42. The minimum atomic E-state index is -4.34. The number of ether oxygens (including phenoxy) is 1. The molecule has 4 rings (SSSR count). The predicted octanol–water partition coefficient (Wildman–Crippen LogP) is 8.76. The highest BCUT2D eigenvalue weighted by atomic mass is 32.2. The van der Waals surface area contributed by atoms with Gasteiger partial charge in [-0.3, -0.25) is 0 Å². The second-order valence-corrected chi connectivity index (χ2v) is 10.7. The van der Waals surface area contributed by atoms with Gasteiger partial charge in [-0.25, -0.2) is 4.98 Å². The average molecular weight is 520 g/mol. The van der Waals surface area contributed by atoms with Crippen molar-refractivity contribution in [2.45, 2.75) is 62.8 Å². The fourth-order valence-corrected chi connectivity index (χ4v) is 5.95. The van der Waals surface area contributed by atoms with Gasteiger partial charge in [0.05, 0.1) is 11.3 Å². The number of rotatable bonds is 9. The number of halogens is 3. The molecule has 0 amide bonds. The molecular formula is C27H28F3NO2S2. The third kappa shape index (κ3) is 6.41. The summed E-state index contributed by atoms with van der Waals surface area (Å²) < 4.78 is 44.5. The Hall–Kier alpha value is -2.45. The van der Waals surface area contributed by atoms with Gasteiger partial charge in [0.25, 0.3) is 0 Å². The number of aliphatic hydroxyl groups excluding tert-OH is 1. The summed E-state index contributed by atoms with van der Waals surface area (Å²) in [6.07, 6.45) is 0.594. The van der Waals surface area contributed by atoms with E-state index in [9.17, 15) is 18.3 Å². The van der Waals surface area contributed by atoms with Crippen molar-refractivity contribution >= 4 is 23.1 Å². The van der Waals surface area contributed by atoms with E-state index >= 15 is 0 Å². The van der Waals surface area contributed by atoms with E-state index in [1.54, 1.807) is 11.8 Å². The van der Waals surface area contributed by atoms with Crippen LogP contribution in [0.5, 0.6) is 5.75 Å². The number of benzene rings is 2. The number of hydrogen-bond acceptors (Lipinski definition) is 5. The van der Waals surface area contributed by atoms with E-state index in [4.69, 9.17) is 4.74 Å². The molecule has 1 aromatic heterocycles. The number of aliphatic hydroxyl groups is 1. The lowest BCUT2D eigenvalue weighted by molar-refractivity contribution is -0.137. The van der Waals surface area contributed by atoms with Crippen molar-refractivity contribution in [1.29, 1.82) is 0 Å². The zero-order valence-corrected chi connectivity index (χ0v) is 21.4. The Bertz CT molecular complexity index is 1190. The van der Waals surface area contributed by atoms with Crippen molar-refractivity contribution in [2.75, 3.05) is 6.61 Å². The van der Waals surface area contributed by atoms with E-state index in [2.05, 4.69) is 18.0 Å². The van der Waals surface area contributed by atoms with Crippen LogP contribution < -0.4 is 4.74 Å². The Labute approximate surface area is 212 Å². The minimum absolute atomic E-state index is 0.214. The maximum Gasteiger partial charge on any atom is 0.416 e. The van der Waals surface area contributed by atoms with Crippen LogP contribution in [-0.4, -0.2) is 16.7 Å². The van der Waals surface area contributed by atoms with E-state index in [0.29, 0.717) is 11.3 Å². The normalized spacial score (nSPS) is 13.6. The SMILES string of the molecule is CCCc1cc(SCc2sc(-c3ccc(C(F)(F)F)cc3)nc2C)ccc1OCC(O)=C1CCC1. The van der Waals surface area contributed by atoms with E-state index in [1.165, 1.54) is 23.5 Å². The largest absolute Gasteiger partial charge is 0.509 e. The number of allylic oxidation sites excluding steroid dienone is 1. The molecule has 0 spiro atoms. The van der Waals surface area contributed by atoms with Gasteiger partial charge in [-0.05, 0) is 74.1 Å². The molecule has 3 nitrogen and oxygen atoms in total. The smallest absolute Gasteiger partial charge is 0.416 e. The topological polar surface area (TPSA) is 42.4 Å². The van der Waals surface area contributed by atoms with Gasteiger partial charge < -0.3 is 9.84 Å². The second-order valence-electron chi connectivity index (χ2n) is 8.60. The minimum Gasteiger partial charge on any atom is -0.509 e. The molecule has 8 heteroatoms. The molecule has 0 saturated heterocycles. The van der Waals surface area contributed by atoms with Crippen molar-refractivity contribution in [3.8, 4) is 16.3 Å². The number of thioether (sulfide) groups is 1. The van der Waals surface area contributed by atoms with Gasteiger partial charge >= 0.3 is 6.18 Å². The molecule has 1 saturated carbocycles. The Morgan fingerprint density at radius 1 is 1.14 bits per heavy atom. The Morgan fingerprint density at radius 3 is 2.51 bits per heavy atom. The summed E-state index contributed by atoms with van der Waals surface area (Å²) in [5.74, 6) is 1.89. The van der Waals surface area contributed by atoms with Crippen LogP contribution in [0.4, 0.5) is 13.2 Å². The molecular weight excluding hydrogens is 491 g/mol. The molecule has 1 aliphatic carbocycles. The average Bonchev–Trinajstić information content (AvgIpc) is 3.16. The number of hydrogen-bond donors (Lipinski definition) is 1. The van der Waals surface area contributed by atoms with Crippen LogP contribution >= 0.6 is 23.1 Å². The van der Waals surface area contributed by atoms with Gasteiger partial charge in [0.15, 0.2) is 0 Å².